The van der Waals surface area contributed by atoms with E-state index in [1.54, 1.807) is 47.5 Å². The Morgan fingerprint density at radius 3 is 2.62 bits per heavy atom. The summed E-state index contributed by atoms with van der Waals surface area (Å²) in [5, 5.41) is 23.9. The number of carbonyl (C=O) groups is 1. The Morgan fingerprint density at radius 2 is 1.92 bits per heavy atom. The molecular weight excluding hydrogens is 501 g/mol. The van der Waals surface area contributed by atoms with Crippen molar-refractivity contribution in [1.29, 1.82) is 0 Å². The highest BCUT2D eigenvalue weighted by molar-refractivity contribution is 6.03. The average molecular weight is 530 g/mol. The summed E-state index contributed by atoms with van der Waals surface area (Å²) >= 11 is 0. The van der Waals surface area contributed by atoms with E-state index in [1.807, 2.05) is 12.1 Å². The predicted molar refractivity (Wildman–Crippen MR) is 140 cm³/mol. The van der Waals surface area contributed by atoms with Crippen LogP contribution >= 0.6 is 0 Å². The maximum absolute atomic E-state index is 15.7. The van der Waals surface area contributed by atoms with Crippen molar-refractivity contribution in [1.82, 2.24) is 24.6 Å². The Balaban J connectivity index is 1.32. The second-order valence-corrected chi connectivity index (χ2v) is 9.91. The molecule has 1 aliphatic carbocycles. The maximum atomic E-state index is 15.7. The fourth-order valence-corrected chi connectivity index (χ4v) is 4.86. The van der Waals surface area contributed by atoms with Gasteiger partial charge in [0.1, 0.15) is 29.6 Å². The number of aromatic nitrogens is 4. The molecule has 1 aromatic carbocycles. The summed E-state index contributed by atoms with van der Waals surface area (Å²) in [5.41, 5.74) is 3.95. The molecule has 4 heterocycles. The van der Waals surface area contributed by atoms with E-state index in [2.05, 4.69) is 15.1 Å². The number of carbonyl (C=O) groups excluding carboxylic acids is 1. The normalized spacial score (nSPS) is 15.8. The number of fused-ring (bicyclic) bond motifs is 1. The van der Waals surface area contributed by atoms with Crippen LogP contribution in [0.5, 0.6) is 5.75 Å². The van der Waals surface area contributed by atoms with Crippen LogP contribution in [0.4, 0.5) is 4.39 Å². The Morgan fingerprint density at radius 1 is 1.10 bits per heavy atom. The number of amides is 1. The Hall–Kier alpha value is -4.15. The minimum absolute atomic E-state index is 0.0315. The van der Waals surface area contributed by atoms with Gasteiger partial charge in [-0.2, -0.15) is 5.10 Å². The highest BCUT2D eigenvalue weighted by Crippen LogP contribution is 2.40. The largest absolute Gasteiger partial charge is 0.489 e. The third-order valence-electron chi connectivity index (χ3n) is 7.08. The maximum Gasteiger partial charge on any atom is 0.272 e. The Labute approximate surface area is 224 Å². The van der Waals surface area contributed by atoms with Gasteiger partial charge in [0.2, 0.25) is 0 Å². The fraction of sp³-hybridized carbons (Fsp3) is 0.310. The molecule has 1 fully saturated rings. The molecule has 0 bridgehead atoms. The van der Waals surface area contributed by atoms with Gasteiger partial charge in [-0.15, -0.1) is 0 Å². The third-order valence-corrected chi connectivity index (χ3v) is 7.08. The second-order valence-electron chi connectivity index (χ2n) is 9.91. The zero-order valence-electron chi connectivity index (χ0n) is 21.2. The van der Waals surface area contributed by atoms with Gasteiger partial charge in [0.05, 0.1) is 19.3 Å². The van der Waals surface area contributed by atoms with Gasteiger partial charge in [-0.05, 0) is 43.2 Å². The predicted octanol–water partition coefficient (Wildman–Crippen LogP) is 3.41. The number of rotatable bonds is 9. The molecule has 39 heavy (non-hydrogen) atoms. The molecule has 0 spiro atoms. The summed E-state index contributed by atoms with van der Waals surface area (Å²) in [7, 11) is 0. The summed E-state index contributed by atoms with van der Waals surface area (Å²) in [4.78, 5) is 23.5. The molecule has 2 N–H and O–H groups in total. The third kappa shape index (κ3) is 5.13. The first-order chi connectivity index (χ1) is 19.0. The average Bonchev–Trinajstić information content (AvgIpc) is 3.74. The fourth-order valence-electron chi connectivity index (χ4n) is 4.86. The van der Waals surface area contributed by atoms with Gasteiger partial charge in [-0.1, -0.05) is 6.07 Å². The smallest absolute Gasteiger partial charge is 0.272 e. The van der Waals surface area contributed by atoms with E-state index < -0.39 is 24.4 Å². The van der Waals surface area contributed by atoms with E-state index in [0.29, 0.717) is 41.6 Å². The van der Waals surface area contributed by atoms with E-state index in [0.717, 1.165) is 11.3 Å². The first kappa shape index (κ1) is 25.1. The minimum Gasteiger partial charge on any atom is -0.489 e. The molecule has 3 aromatic heterocycles. The molecule has 6 rings (SSSR count). The van der Waals surface area contributed by atoms with Crippen molar-refractivity contribution in [3.05, 3.63) is 83.8 Å². The van der Waals surface area contributed by atoms with Gasteiger partial charge in [0.15, 0.2) is 0 Å². The lowest BCUT2D eigenvalue weighted by Gasteiger charge is -2.29. The van der Waals surface area contributed by atoms with Crippen LogP contribution in [0.25, 0.3) is 22.4 Å². The lowest BCUT2D eigenvalue weighted by atomic mass is 9.97. The first-order valence-corrected chi connectivity index (χ1v) is 13.0. The van der Waals surface area contributed by atoms with Crippen LogP contribution in [0.1, 0.15) is 40.5 Å². The molecule has 0 radical (unpaired) electrons. The van der Waals surface area contributed by atoms with Crippen molar-refractivity contribution in [3.63, 3.8) is 0 Å². The summed E-state index contributed by atoms with van der Waals surface area (Å²) < 4.78 is 23.1. The van der Waals surface area contributed by atoms with Gasteiger partial charge in [-0.3, -0.25) is 19.4 Å². The van der Waals surface area contributed by atoms with Crippen LogP contribution in [-0.4, -0.2) is 66.6 Å². The van der Waals surface area contributed by atoms with Crippen LogP contribution < -0.4 is 4.74 Å². The molecule has 1 aliphatic heterocycles. The monoisotopic (exact) mass is 529 g/mol. The first-order valence-electron chi connectivity index (χ1n) is 13.0. The van der Waals surface area contributed by atoms with Gasteiger partial charge in [0, 0.05) is 71.6 Å². The number of hydrogen-bond acceptors (Lipinski definition) is 7. The summed E-state index contributed by atoms with van der Waals surface area (Å²) in [6, 6.07) is 12.1. The van der Waals surface area contributed by atoms with E-state index in [-0.39, 0.29) is 24.4 Å². The van der Waals surface area contributed by atoms with Crippen molar-refractivity contribution in [3.8, 4) is 28.1 Å². The highest BCUT2D eigenvalue weighted by atomic mass is 19.1. The number of β-amino-alcohol motifs (C(OH)–C–C–N with tert-alkyl or cyclic N) is 1. The molecule has 1 atom stereocenters. The number of aliphatic hydroxyl groups is 2. The number of ether oxygens (including phenoxy) is 1. The molecule has 4 aromatic rings. The molecule has 0 saturated heterocycles. The van der Waals surface area contributed by atoms with Gasteiger partial charge >= 0.3 is 0 Å². The standard InChI is InChI=1S/C29H28FN5O4/c30-24-13-22(39-17-18-1-6-25(32-14-18)19-2-3-19)4-5-23(24)26-27(20-7-9-31-10-8-20)33-35-12-11-34(15-21(37)16-36)29(38)28(26)35/h1,4-10,13-14,19,21,36-37H,2-3,11-12,15-17H2. The Kier molecular flexibility index (Phi) is 6.80. The quantitative estimate of drug-likeness (QED) is 0.342. The van der Waals surface area contributed by atoms with Gasteiger partial charge < -0.3 is 19.8 Å². The molecule has 10 heteroatoms. The Bertz CT molecular complexity index is 1490. The topological polar surface area (TPSA) is 114 Å². The van der Waals surface area contributed by atoms with Gasteiger partial charge in [-0.25, -0.2) is 4.39 Å². The highest BCUT2D eigenvalue weighted by Gasteiger charge is 2.34. The molecule has 1 saturated carbocycles. The van der Waals surface area contributed by atoms with Crippen molar-refractivity contribution in [2.45, 2.75) is 38.0 Å². The molecule has 1 amide bonds. The van der Waals surface area contributed by atoms with Gasteiger partial charge in [0.25, 0.3) is 5.91 Å². The van der Waals surface area contributed by atoms with Crippen LogP contribution in [0.15, 0.2) is 61.1 Å². The molecule has 200 valence electrons. The molecular formula is C29H28FN5O4. The van der Waals surface area contributed by atoms with E-state index >= 15 is 4.39 Å². The number of pyridine rings is 2. The SMILES string of the molecule is O=C1c2c(-c3ccc(OCc4ccc(C5CC5)nc4)cc3F)c(-c3ccncc3)nn2CCN1CC(O)CO. The number of nitrogens with zero attached hydrogens (tertiary/aromatic N) is 5. The number of aliphatic hydroxyl groups excluding tert-OH is 2. The minimum atomic E-state index is -1.07. The van der Waals surface area contributed by atoms with E-state index in [9.17, 15) is 15.0 Å². The lowest BCUT2D eigenvalue weighted by Crippen LogP contribution is -2.45. The number of hydrogen-bond donors (Lipinski definition) is 2. The lowest BCUT2D eigenvalue weighted by molar-refractivity contribution is 0.0406. The van der Waals surface area contributed by atoms with Crippen LogP contribution in [0.2, 0.25) is 0 Å². The summed E-state index contributed by atoms with van der Waals surface area (Å²) in [5.74, 6) is -0.0143. The van der Waals surface area contributed by atoms with Crippen molar-refractivity contribution in [2.75, 3.05) is 19.7 Å². The molecule has 2 aliphatic rings. The van der Waals surface area contributed by atoms with Crippen LogP contribution in [0.3, 0.4) is 0 Å². The molecule has 9 nitrogen and oxygen atoms in total. The van der Waals surface area contributed by atoms with Crippen LogP contribution in [0, 0.1) is 5.82 Å². The zero-order chi connectivity index (χ0) is 26.9. The summed E-state index contributed by atoms with van der Waals surface area (Å²) in [6.07, 6.45) is 6.33. The zero-order valence-corrected chi connectivity index (χ0v) is 21.2. The van der Waals surface area contributed by atoms with Crippen molar-refractivity contribution in [2.24, 2.45) is 0 Å². The number of benzene rings is 1. The van der Waals surface area contributed by atoms with Crippen molar-refractivity contribution >= 4 is 5.91 Å². The second kappa shape index (κ2) is 10.5. The van der Waals surface area contributed by atoms with E-state index in [4.69, 9.17) is 4.74 Å². The van der Waals surface area contributed by atoms with E-state index in [1.165, 1.54) is 23.8 Å². The van der Waals surface area contributed by atoms with Crippen LogP contribution in [-0.2, 0) is 13.2 Å². The van der Waals surface area contributed by atoms with Crippen molar-refractivity contribution < 1.29 is 24.1 Å². The molecule has 1 unspecified atom stereocenters. The summed E-state index contributed by atoms with van der Waals surface area (Å²) in [6.45, 7) is 0.438. The number of halogens is 1.